The summed E-state index contributed by atoms with van der Waals surface area (Å²) in [5, 5.41) is 3.22. The maximum atomic E-state index is 12.7. The molecule has 5 rings (SSSR count). The van der Waals surface area contributed by atoms with E-state index in [2.05, 4.69) is 58.0 Å². The number of amides is 1. The van der Waals surface area contributed by atoms with E-state index in [0.717, 1.165) is 49.6 Å². The number of aromatic nitrogens is 1. The largest absolute Gasteiger partial charge is 0.344 e. The Hall–Kier alpha value is -3.21. The molecule has 31 heavy (non-hydrogen) atoms. The summed E-state index contributed by atoms with van der Waals surface area (Å²) in [4.78, 5) is 19.1. The molecule has 162 valence electrons. The summed E-state index contributed by atoms with van der Waals surface area (Å²) >= 11 is 0. The minimum Gasteiger partial charge on any atom is -0.344 e. The van der Waals surface area contributed by atoms with Gasteiger partial charge in [0.15, 0.2) is 12.8 Å². The molecule has 1 aromatic carbocycles. The highest BCUT2D eigenvalue weighted by Crippen LogP contribution is 2.30. The first kappa shape index (κ1) is 22.5. The van der Waals surface area contributed by atoms with Crippen LogP contribution in [0.2, 0.25) is 0 Å². The minimum atomic E-state index is 0. The summed E-state index contributed by atoms with van der Waals surface area (Å²) in [7, 11) is 0. The van der Waals surface area contributed by atoms with Gasteiger partial charge in [-0.2, -0.15) is 0 Å². The predicted molar refractivity (Wildman–Crippen MR) is 129 cm³/mol. The van der Waals surface area contributed by atoms with Gasteiger partial charge in [0.2, 0.25) is 11.6 Å². The van der Waals surface area contributed by atoms with Gasteiger partial charge in [-0.05, 0) is 36.1 Å². The maximum Gasteiger partial charge on any atom is 0.246 e. The molecule has 1 fully saturated rings. The average Bonchev–Trinajstić information content (AvgIpc) is 3.32. The first-order valence-corrected chi connectivity index (χ1v) is 10.2. The third-order valence-corrected chi connectivity index (χ3v) is 6.09. The second-order valence-corrected chi connectivity index (χ2v) is 8.14. The standard InChI is InChI=1S/C24H24N4O.2CH4/c1-17-7-9-19-11-18(12-25-24(19)26-17)8-10-23(29)28-15-20-13-27(14-21(20)16-28)22-5-3-2-4-6-22;;/h2-6,8,10-13,20-21H,1,7,9,14-16H2;2*1H4/p+1/t20-,21+;;/m0../s1. The van der Waals surface area contributed by atoms with E-state index in [1.165, 1.54) is 11.3 Å². The summed E-state index contributed by atoms with van der Waals surface area (Å²) in [6.07, 6.45) is 9.53. The normalized spacial score (nSPS) is 21.5. The molecular formula is C26H33N4O+. The number of benzene rings is 1. The Morgan fingerprint density at radius 1 is 1.19 bits per heavy atom. The van der Waals surface area contributed by atoms with Gasteiger partial charge in [0.05, 0.1) is 5.92 Å². The van der Waals surface area contributed by atoms with Crippen LogP contribution in [-0.2, 0) is 11.2 Å². The van der Waals surface area contributed by atoms with Crippen LogP contribution in [0, 0.1) is 11.8 Å². The fraction of sp³-hybridized carbons (Fsp3) is 0.346. The van der Waals surface area contributed by atoms with Crippen LogP contribution >= 0.6 is 0 Å². The molecular weight excluding hydrogens is 384 g/mol. The Morgan fingerprint density at radius 3 is 2.77 bits per heavy atom. The number of fused-ring (bicyclic) bond motifs is 2. The van der Waals surface area contributed by atoms with Crippen LogP contribution in [-0.4, -0.2) is 46.2 Å². The zero-order chi connectivity index (χ0) is 19.8. The van der Waals surface area contributed by atoms with Gasteiger partial charge in [0, 0.05) is 49.1 Å². The minimum absolute atomic E-state index is 0. The number of anilines is 1. The van der Waals surface area contributed by atoms with E-state index < -0.39 is 0 Å². The van der Waals surface area contributed by atoms with Crippen molar-refractivity contribution < 1.29 is 9.37 Å². The number of carbonyl (C=O) groups excluding carboxylic acids is 1. The number of rotatable bonds is 3. The Morgan fingerprint density at radius 2 is 2.00 bits per heavy atom. The lowest BCUT2D eigenvalue weighted by Crippen LogP contribution is -2.29. The van der Waals surface area contributed by atoms with Gasteiger partial charge >= 0.3 is 0 Å². The summed E-state index contributed by atoms with van der Waals surface area (Å²) in [5.74, 6) is 1.92. The molecule has 0 saturated carbocycles. The molecule has 4 heterocycles. The number of aryl methyl sites for hydroxylation is 1. The number of para-hydroxylation sites is 1. The van der Waals surface area contributed by atoms with Crippen LogP contribution in [0.5, 0.6) is 0 Å². The molecule has 3 aliphatic rings. The van der Waals surface area contributed by atoms with Gasteiger partial charge in [0.1, 0.15) is 5.82 Å². The van der Waals surface area contributed by atoms with Crippen LogP contribution in [0.1, 0.15) is 32.4 Å². The van der Waals surface area contributed by atoms with Gasteiger partial charge < -0.3 is 10.2 Å². The van der Waals surface area contributed by atoms with Gasteiger partial charge in [-0.15, -0.1) is 0 Å². The van der Waals surface area contributed by atoms with Crippen molar-refractivity contribution in [2.45, 2.75) is 27.7 Å². The number of hydrogen-bond donors (Lipinski definition) is 1. The molecule has 5 heteroatoms. The van der Waals surface area contributed by atoms with Crippen molar-refractivity contribution in [3.63, 3.8) is 0 Å². The highest BCUT2D eigenvalue weighted by atomic mass is 16.2. The van der Waals surface area contributed by atoms with Crippen LogP contribution in [0.4, 0.5) is 11.5 Å². The molecule has 3 aliphatic heterocycles. The molecule has 2 aromatic rings. The average molecular weight is 418 g/mol. The molecule has 5 nitrogen and oxygen atoms in total. The third kappa shape index (κ3) is 4.61. The van der Waals surface area contributed by atoms with E-state index >= 15 is 0 Å². The van der Waals surface area contributed by atoms with Crippen molar-refractivity contribution in [3.8, 4) is 0 Å². The molecule has 0 aliphatic carbocycles. The van der Waals surface area contributed by atoms with E-state index in [-0.39, 0.29) is 20.8 Å². The quantitative estimate of drug-likeness (QED) is 0.580. The topological polar surface area (TPSA) is 48.2 Å². The van der Waals surface area contributed by atoms with E-state index in [4.69, 9.17) is 0 Å². The molecule has 0 bridgehead atoms. The number of carbonyl (C=O) groups is 1. The number of nitrogens with zero attached hydrogens (tertiary/aromatic N) is 3. The first-order valence-electron chi connectivity index (χ1n) is 10.2. The lowest BCUT2D eigenvalue weighted by atomic mass is 10.0. The second kappa shape index (κ2) is 9.29. The molecule has 1 N–H and O–H groups in total. The number of pyridine rings is 1. The number of hydrogen-bond acceptors (Lipinski definition) is 3. The Bertz CT molecular complexity index is 1020. The van der Waals surface area contributed by atoms with E-state index in [1.807, 2.05) is 17.0 Å². The second-order valence-electron chi connectivity index (χ2n) is 8.14. The van der Waals surface area contributed by atoms with Crippen molar-refractivity contribution in [3.05, 3.63) is 72.1 Å². The fourth-order valence-electron chi connectivity index (χ4n) is 4.51. The Balaban J connectivity index is 0.00000136. The summed E-state index contributed by atoms with van der Waals surface area (Å²) in [6, 6.07) is 12.6. The molecule has 0 unspecified atom stereocenters. The predicted octanol–water partition coefficient (Wildman–Crippen LogP) is 4.74. The zero-order valence-electron chi connectivity index (χ0n) is 16.4. The molecule has 1 aromatic heterocycles. The first-order chi connectivity index (χ1) is 14.2. The van der Waals surface area contributed by atoms with Crippen molar-refractivity contribution in [1.82, 2.24) is 9.88 Å². The van der Waals surface area contributed by atoms with Gasteiger partial charge in [0.25, 0.3) is 0 Å². The molecule has 0 spiro atoms. The van der Waals surface area contributed by atoms with Crippen LogP contribution in [0.25, 0.3) is 6.08 Å². The smallest absolute Gasteiger partial charge is 0.246 e. The van der Waals surface area contributed by atoms with Crippen molar-refractivity contribution >= 4 is 29.7 Å². The van der Waals surface area contributed by atoms with Gasteiger partial charge in [-0.3, -0.25) is 4.79 Å². The molecule has 1 amide bonds. The van der Waals surface area contributed by atoms with Crippen LogP contribution < -0.4 is 5.32 Å². The maximum absolute atomic E-state index is 12.7. The Kier molecular flexibility index (Phi) is 6.74. The highest BCUT2D eigenvalue weighted by molar-refractivity contribution is 5.92. The number of likely N-dealkylation sites (tertiary alicyclic amines) is 1. The number of nitrogens with one attached hydrogen (secondary N) is 1. The fourth-order valence-corrected chi connectivity index (χ4v) is 4.51. The highest BCUT2D eigenvalue weighted by Gasteiger charge is 2.42. The molecule has 2 atom stereocenters. The van der Waals surface area contributed by atoms with Gasteiger partial charge in [-0.25, -0.2) is 9.56 Å². The van der Waals surface area contributed by atoms with E-state index in [9.17, 15) is 4.79 Å². The van der Waals surface area contributed by atoms with Crippen molar-refractivity contribution in [2.24, 2.45) is 11.8 Å². The monoisotopic (exact) mass is 417 g/mol. The van der Waals surface area contributed by atoms with Crippen molar-refractivity contribution in [1.29, 1.82) is 0 Å². The Labute approximate surface area is 185 Å². The lowest BCUT2D eigenvalue weighted by molar-refractivity contribution is -0.433. The molecule has 0 radical (unpaired) electrons. The summed E-state index contributed by atoms with van der Waals surface area (Å²) in [5.41, 5.74) is 4.38. The summed E-state index contributed by atoms with van der Waals surface area (Å²) < 4.78 is 2.33. The number of allylic oxidation sites excluding steroid dienone is 1. The van der Waals surface area contributed by atoms with Crippen molar-refractivity contribution in [2.75, 3.05) is 25.0 Å². The summed E-state index contributed by atoms with van der Waals surface area (Å²) in [6.45, 7) is 6.56. The SMILES string of the molecule is C.C.C=C1CCc2cc(/C=C/C(=O)N3C[C@H]4C[N+](c5ccccc5)=C[C@H]4C3)cnc2N1. The third-order valence-electron chi connectivity index (χ3n) is 6.09. The van der Waals surface area contributed by atoms with E-state index in [1.54, 1.807) is 12.3 Å². The molecule has 1 saturated heterocycles. The van der Waals surface area contributed by atoms with Gasteiger partial charge in [-0.1, -0.05) is 39.6 Å². The van der Waals surface area contributed by atoms with E-state index in [0.29, 0.717) is 11.8 Å². The zero-order valence-corrected chi connectivity index (χ0v) is 16.4. The van der Waals surface area contributed by atoms with Crippen LogP contribution in [0.15, 0.2) is 60.9 Å². The van der Waals surface area contributed by atoms with Crippen LogP contribution in [0.3, 0.4) is 0 Å². The lowest BCUT2D eigenvalue weighted by Gasteiger charge is -2.19.